The minimum absolute atomic E-state index is 0.282. The highest BCUT2D eigenvalue weighted by Crippen LogP contribution is 2.28. The molecule has 0 aromatic heterocycles. The van der Waals surface area contributed by atoms with Crippen LogP contribution >= 0.6 is 0 Å². The fourth-order valence-electron chi connectivity index (χ4n) is 3.21. The zero-order chi connectivity index (χ0) is 14.6. The maximum absolute atomic E-state index is 11.7. The molecule has 19 heavy (non-hydrogen) atoms. The number of nitrogens with two attached hydrogens (primary N) is 1. The van der Waals surface area contributed by atoms with Gasteiger partial charge in [0.15, 0.2) is 0 Å². The predicted molar refractivity (Wildman–Crippen MR) is 77.9 cm³/mol. The minimum atomic E-state index is -0.900. The number of hydrogen-bond acceptors (Lipinski definition) is 4. The molecule has 0 bridgehead atoms. The van der Waals surface area contributed by atoms with Crippen molar-refractivity contribution < 1.29 is 9.53 Å². The number of hydrogen-bond donors (Lipinski definition) is 1. The zero-order valence-corrected chi connectivity index (χ0v) is 13.1. The van der Waals surface area contributed by atoms with E-state index in [1.807, 2.05) is 0 Å². The molecule has 0 amide bonds. The van der Waals surface area contributed by atoms with E-state index in [-0.39, 0.29) is 12.0 Å². The first-order valence-corrected chi connectivity index (χ1v) is 7.37. The van der Waals surface area contributed by atoms with E-state index >= 15 is 0 Å². The maximum atomic E-state index is 11.7. The van der Waals surface area contributed by atoms with Crippen molar-refractivity contribution in [3.8, 4) is 0 Å². The summed E-state index contributed by atoms with van der Waals surface area (Å²) in [7, 11) is 3.55. The number of esters is 1. The van der Waals surface area contributed by atoms with E-state index in [0.29, 0.717) is 12.5 Å². The first-order chi connectivity index (χ1) is 8.77. The third-order valence-corrected chi connectivity index (χ3v) is 4.55. The van der Waals surface area contributed by atoms with Crippen molar-refractivity contribution in [3.05, 3.63) is 0 Å². The molecule has 4 unspecified atom stereocenters. The van der Waals surface area contributed by atoms with Crippen LogP contribution in [0, 0.1) is 5.92 Å². The Morgan fingerprint density at radius 2 is 2.16 bits per heavy atom. The Hall–Kier alpha value is -0.610. The van der Waals surface area contributed by atoms with E-state index in [1.165, 1.54) is 32.8 Å². The van der Waals surface area contributed by atoms with Crippen LogP contribution in [0.5, 0.6) is 0 Å². The van der Waals surface area contributed by atoms with Gasteiger partial charge in [-0.2, -0.15) is 0 Å². The van der Waals surface area contributed by atoms with Crippen molar-refractivity contribution in [1.29, 1.82) is 0 Å². The molecular formula is C15H30N2O2. The highest BCUT2D eigenvalue weighted by Gasteiger charge is 2.34. The molecule has 4 nitrogen and oxygen atoms in total. The summed E-state index contributed by atoms with van der Waals surface area (Å²) < 4.78 is 4.78. The third-order valence-electron chi connectivity index (χ3n) is 4.55. The van der Waals surface area contributed by atoms with Crippen LogP contribution in [0.1, 0.15) is 52.9 Å². The molecule has 0 spiro atoms. The van der Waals surface area contributed by atoms with Crippen LogP contribution in [0.25, 0.3) is 0 Å². The van der Waals surface area contributed by atoms with Gasteiger partial charge in [0, 0.05) is 12.1 Å². The first-order valence-electron chi connectivity index (χ1n) is 7.37. The Morgan fingerprint density at radius 3 is 2.68 bits per heavy atom. The molecular weight excluding hydrogens is 240 g/mol. The van der Waals surface area contributed by atoms with E-state index in [0.717, 1.165) is 5.92 Å². The average molecular weight is 270 g/mol. The molecule has 1 saturated carbocycles. The SMILES string of the molecule is COC(=O)C(C)(N)CC(C)N(C)C1CCCC(C)C1. The third kappa shape index (κ3) is 4.46. The topological polar surface area (TPSA) is 55.6 Å². The van der Waals surface area contributed by atoms with Gasteiger partial charge < -0.3 is 15.4 Å². The van der Waals surface area contributed by atoms with Crippen molar-refractivity contribution in [3.63, 3.8) is 0 Å². The highest BCUT2D eigenvalue weighted by atomic mass is 16.5. The summed E-state index contributed by atoms with van der Waals surface area (Å²) in [5.41, 5.74) is 5.17. The van der Waals surface area contributed by atoms with Gasteiger partial charge in [0.05, 0.1) is 7.11 Å². The van der Waals surface area contributed by atoms with Crippen molar-refractivity contribution in [2.24, 2.45) is 11.7 Å². The summed E-state index contributed by atoms with van der Waals surface area (Å²) >= 11 is 0. The van der Waals surface area contributed by atoms with Gasteiger partial charge in [-0.1, -0.05) is 19.8 Å². The number of carbonyl (C=O) groups is 1. The first kappa shape index (κ1) is 16.4. The Labute approximate surface area is 117 Å². The molecule has 4 heteroatoms. The summed E-state index contributed by atoms with van der Waals surface area (Å²) in [5, 5.41) is 0. The van der Waals surface area contributed by atoms with Crippen LogP contribution in [0.4, 0.5) is 0 Å². The van der Waals surface area contributed by atoms with Gasteiger partial charge in [0.1, 0.15) is 5.54 Å². The molecule has 2 N–H and O–H groups in total. The van der Waals surface area contributed by atoms with E-state index < -0.39 is 5.54 Å². The highest BCUT2D eigenvalue weighted by molar-refractivity contribution is 5.79. The largest absolute Gasteiger partial charge is 0.468 e. The molecule has 0 aromatic rings. The van der Waals surface area contributed by atoms with Crippen LogP contribution in [0.3, 0.4) is 0 Å². The monoisotopic (exact) mass is 270 g/mol. The lowest BCUT2D eigenvalue weighted by atomic mass is 9.85. The number of nitrogens with zero attached hydrogens (tertiary/aromatic N) is 1. The van der Waals surface area contributed by atoms with E-state index in [9.17, 15) is 4.79 Å². The molecule has 1 aliphatic rings. The van der Waals surface area contributed by atoms with Gasteiger partial charge in [-0.05, 0) is 46.1 Å². The van der Waals surface area contributed by atoms with Crippen LogP contribution in [-0.2, 0) is 9.53 Å². The van der Waals surface area contributed by atoms with Gasteiger partial charge in [0.25, 0.3) is 0 Å². The molecule has 1 aliphatic carbocycles. The second-order valence-corrected chi connectivity index (χ2v) is 6.55. The fraction of sp³-hybridized carbons (Fsp3) is 0.933. The second kappa shape index (κ2) is 6.71. The lowest BCUT2D eigenvalue weighted by Crippen LogP contribution is -2.52. The molecule has 0 radical (unpaired) electrons. The summed E-state index contributed by atoms with van der Waals surface area (Å²) in [5.74, 6) is 0.475. The van der Waals surface area contributed by atoms with Crippen LogP contribution in [0.2, 0.25) is 0 Å². The smallest absolute Gasteiger partial charge is 0.325 e. The normalized spacial score (nSPS) is 28.8. The quantitative estimate of drug-likeness (QED) is 0.778. The van der Waals surface area contributed by atoms with Gasteiger partial charge >= 0.3 is 5.97 Å². The van der Waals surface area contributed by atoms with Crippen LogP contribution in [0.15, 0.2) is 0 Å². The molecule has 0 aliphatic heterocycles. The van der Waals surface area contributed by atoms with Crippen molar-refractivity contribution in [2.75, 3.05) is 14.2 Å². The van der Waals surface area contributed by atoms with E-state index in [4.69, 9.17) is 10.5 Å². The number of methoxy groups -OCH3 is 1. The Bertz CT molecular complexity index is 305. The summed E-state index contributed by atoms with van der Waals surface area (Å²) in [6.07, 6.45) is 5.78. The Morgan fingerprint density at radius 1 is 1.53 bits per heavy atom. The molecule has 1 fully saturated rings. The standard InChI is InChI=1S/C15H30N2O2/c1-11-7-6-8-13(9-11)17(4)12(2)10-15(3,16)14(18)19-5/h11-13H,6-10,16H2,1-5H3. The lowest BCUT2D eigenvalue weighted by Gasteiger charge is -2.39. The van der Waals surface area contributed by atoms with Crippen molar-refractivity contribution in [1.82, 2.24) is 4.90 Å². The van der Waals surface area contributed by atoms with Gasteiger partial charge in [-0.15, -0.1) is 0 Å². The molecule has 0 aromatic carbocycles. The molecule has 112 valence electrons. The zero-order valence-electron chi connectivity index (χ0n) is 13.1. The molecule has 0 saturated heterocycles. The van der Waals surface area contributed by atoms with Crippen LogP contribution < -0.4 is 5.73 Å². The van der Waals surface area contributed by atoms with Gasteiger partial charge in [-0.25, -0.2) is 0 Å². The fourth-order valence-corrected chi connectivity index (χ4v) is 3.21. The lowest BCUT2D eigenvalue weighted by molar-refractivity contribution is -0.147. The summed E-state index contributed by atoms with van der Waals surface area (Å²) in [4.78, 5) is 14.0. The number of rotatable bonds is 5. The second-order valence-electron chi connectivity index (χ2n) is 6.55. The van der Waals surface area contributed by atoms with Gasteiger partial charge in [0.2, 0.25) is 0 Å². The van der Waals surface area contributed by atoms with E-state index in [2.05, 4.69) is 25.8 Å². The minimum Gasteiger partial charge on any atom is -0.468 e. The predicted octanol–water partition coefficient (Wildman–Crippen LogP) is 2.17. The molecule has 1 rings (SSSR count). The molecule has 4 atom stereocenters. The Kier molecular flexibility index (Phi) is 5.81. The summed E-state index contributed by atoms with van der Waals surface area (Å²) in [6.45, 7) is 6.23. The van der Waals surface area contributed by atoms with E-state index in [1.54, 1.807) is 6.92 Å². The number of ether oxygens (including phenoxy) is 1. The van der Waals surface area contributed by atoms with Gasteiger partial charge in [-0.3, -0.25) is 4.79 Å². The number of carbonyl (C=O) groups excluding carboxylic acids is 1. The average Bonchev–Trinajstić information content (AvgIpc) is 2.36. The maximum Gasteiger partial charge on any atom is 0.325 e. The van der Waals surface area contributed by atoms with Crippen LogP contribution in [-0.4, -0.2) is 42.6 Å². The summed E-state index contributed by atoms with van der Waals surface area (Å²) in [6, 6.07) is 0.900. The van der Waals surface area contributed by atoms with Crippen molar-refractivity contribution in [2.45, 2.75) is 70.5 Å². The molecule has 0 heterocycles. The van der Waals surface area contributed by atoms with Crippen molar-refractivity contribution >= 4 is 5.97 Å². The Balaban J connectivity index is 2.56.